The number of hydrogen-bond donors (Lipinski definition) is 2. The van der Waals surface area contributed by atoms with Crippen molar-refractivity contribution in [1.29, 1.82) is 0 Å². The molecule has 2 heterocycles. The lowest BCUT2D eigenvalue weighted by Crippen LogP contribution is -1.99. The molecule has 2 N–H and O–H groups in total. The molecule has 0 saturated heterocycles. The Kier molecular flexibility index (Phi) is 1.73. The number of nitrogens with one attached hydrogen (secondary N) is 2. The van der Waals surface area contributed by atoms with Crippen molar-refractivity contribution in [3.8, 4) is 5.75 Å². The smallest absolute Gasteiger partial charge is 0.323 e. The van der Waals surface area contributed by atoms with Crippen LogP contribution in [0, 0.1) is 0 Å². The Bertz CT molecular complexity index is 727. The molecule has 0 atom stereocenters. The molecule has 0 aliphatic rings. The van der Waals surface area contributed by atoms with Crippen molar-refractivity contribution in [2.75, 3.05) is 7.11 Å². The molecule has 5 heteroatoms. The molecule has 0 spiro atoms. The average Bonchev–Trinajstić information content (AvgIpc) is 2.69. The monoisotopic (exact) mass is 215 g/mol. The Labute approximate surface area is 90.1 Å². The maximum atomic E-state index is 11.2. The second-order valence-electron chi connectivity index (χ2n) is 3.51. The molecule has 3 rings (SSSR count). The number of aromatic amines is 2. The number of nitrogens with zero attached hydrogens (tertiary/aromatic N) is 1. The van der Waals surface area contributed by atoms with Gasteiger partial charge in [-0.3, -0.25) is 4.98 Å². The summed E-state index contributed by atoms with van der Waals surface area (Å²) in [5, 5.41) is 0.900. The Balaban J connectivity index is 2.46. The molecule has 0 radical (unpaired) electrons. The first kappa shape index (κ1) is 8.96. The van der Waals surface area contributed by atoms with Crippen molar-refractivity contribution >= 4 is 21.9 Å². The van der Waals surface area contributed by atoms with Crippen LogP contribution in [0.2, 0.25) is 0 Å². The predicted molar refractivity (Wildman–Crippen MR) is 60.8 cm³/mol. The fraction of sp³-hybridized carbons (Fsp3) is 0.0909. The van der Waals surface area contributed by atoms with E-state index in [-0.39, 0.29) is 5.69 Å². The van der Waals surface area contributed by atoms with Crippen molar-refractivity contribution in [3.05, 3.63) is 34.9 Å². The van der Waals surface area contributed by atoms with E-state index >= 15 is 0 Å². The number of pyridine rings is 1. The van der Waals surface area contributed by atoms with Crippen LogP contribution >= 0.6 is 0 Å². The van der Waals surface area contributed by atoms with Gasteiger partial charge in [-0.05, 0) is 12.1 Å². The third kappa shape index (κ3) is 1.18. The highest BCUT2D eigenvalue weighted by Crippen LogP contribution is 2.23. The molecule has 0 aliphatic carbocycles. The van der Waals surface area contributed by atoms with Gasteiger partial charge in [0.05, 0.1) is 29.9 Å². The van der Waals surface area contributed by atoms with Crippen LogP contribution in [0.25, 0.3) is 21.9 Å². The summed E-state index contributed by atoms with van der Waals surface area (Å²) in [6.45, 7) is 0. The molecule has 2 aromatic heterocycles. The lowest BCUT2D eigenvalue weighted by molar-refractivity contribution is 0.415. The minimum Gasteiger partial charge on any atom is -0.497 e. The maximum Gasteiger partial charge on any atom is 0.323 e. The van der Waals surface area contributed by atoms with Crippen molar-refractivity contribution < 1.29 is 4.74 Å². The molecule has 0 fully saturated rings. The molecule has 0 saturated carbocycles. The second kappa shape index (κ2) is 3.10. The van der Waals surface area contributed by atoms with E-state index in [1.54, 1.807) is 13.3 Å². The predicted octanol–water partition coefficient (Wildman–Crippen LogP) is 1.41. The number of methoxy groups -OCH3 is 1. The van der Waals surface area contributed by atoms with Crippen LogP contribution in [0.4, 0.5) is 0 Å². The summed E-state index contributed by atoms with van der Waals surface area (Å²) in [6.07, 6.45) is 1.63. The molecule has 1 aromatic carbocycles. The fourth-order valence-corrected chi connectivity index (χ4v) is 1.80. The number of fused-ring (bicyclic) bond motifs is 3. The summed E-state index contributed by atoms with van der Waals surface area (Å²) in [4.78, 5) is 20.9. The van der Waals surface area contributed by atoms with Crippen molar-refractivity contribution in [2.24, 2.45) is 0 Å². The van der Waals surface area contributed by atoms with Gasteiger partial charge >= 0.3 is 5.69 Å². The van der Waals surface area contributed by atoms with E-state index in [1.165, 1.54) is 0 Å². The van der Waals surface area contributed by atoms with E-state index in [0.29, 0.717) is 5.52 Å². The summed E-state index contributed by atoms with van der Waals surface area (Å²) in [5.41, 5.74) is 2.06. The molecule has 3 aromatic rings. The lowest BCUT2D eigenvalue weighted by Gasteiger charge is -2.02. The van der Waals surface area contributed by atoms with Crippen molar-refractivity contribution in [1.82, 2.24) is 15.0 Å². The fourth-order valence-electron chi connectivity index (χ4n) is 1.80. The Morgan fingerprint density at radius 3 is 3.00 bits per heavy atom. The first-order valence-corrected chi connectivity index (χ1v) is 4.83. The topological polar surface area (TPSA) is 70.8 Å². The first-order valence-electron chi connectivity index (χ1n) is 4.83. The number of imidazole rings is 1. The number of ether oxygens (including phenoxy) is 1. The molecular formula is C11H9N3O2. The summed E-state index contributed by atoms with van der Waals surface area (Å²) >= 11 is 0. The molecule has 0 unspecified atom stereocenters. The summed E-state index contributed by atoms with van der Waals surface area (Å²) in [6, 6.07) is 5.56. The van der Waals surface area contributed by atoms with Crippen LogP contribution in [-0.4, -0.2) is 22.1 Å². The normalized spacial score (nSPS) is 11.1. The van der Waals surface area contributed by atoms with Crippen LogP contribution in [0.5, 0.6) is 5.75 Å². The van der Waals surface area contributed by atoms with Crippen LogP contribution in [0.1, 0.15) is 0 Å². The zero-order valence-electron chi connectivity index (χ0n) is 8.57. The van der Waals surface area contributed by atoms with Gasteiger partial charge in [-0.25, -0.2) is 4.79 Å². The van der Waals surface area contributed by atoms with Gasteiger partial charge in [0.1, 0.15) is 5.75 Å². The Morgan fingerprint density at radius 1 is 1.31 bits per heavy atom. The summed E-state index contributed by atoms with van der Waals surface area (Å²) in [5.74, 6) is 0.747. The van der Waals surface area contributed by atoms with Gasteiger partial charge in [-0.1, -0.05) is 0 Å². The lowest BCUT2D eigenvalue weighted by atomic mass is 10.2. The van der Waals surface area contributed by atoms with Crippen molar-refractivity contribution in [2.45, 2.75) is 0 Å². The minimum atomic E-state index is -0.222. The van der Waals surface area contributed by atoms with E-state index in [1.807, 2.05) is 18.2 Å². The molecule has 5 nitrogen and oxygen atoms in total. The highest BCUT2D eigenvalue weighted by Gasteiger charge is 2.05. The van der Waals surface area contributed by atoms with E-state index in [0.717, 1.165) is 22.2 Å². The average molecular weight is 215 g/mol. The van der Waals surface area contributed by atoms with Crippen LogP contribution in [0.15, 0.2) is 29.2 Å². The van der Waals surface area contributed by atoms with Gasteiger partial charge in [0.15, 0.2) is 0 Å². The zero-order valence-corrected chi connectivity index (χ0v) is 8.57. The number of rotatable bonds is 1. The van der Waals surface area contributed by atoms with Gasteiger partial charge in [-0.15, -0.1) is 0 Å². The first-order chi connectivity index (χ1) is 7.78. The SMILES string of the molecule is COc1ccc2c(c1)ncc1[nH]c(=O)[nH]c12. The number of hydrogen-bond acceptors (Lipinski definition) is 3. The molecule has 0 aliphatic heterocycles. The highest BCUT2D eigenvalue weighted by atomic mass is 16.5. The number of aromatic nitrogens is 3. The largest absolute Gasteiger partial charge is 0.497 e. The Hall–Kier alpha value is -2.30. The van der Waals surface area contributed by atoms with E-state index < -0.39 is 0 Å². The summed E-state index contributed by atoms with van der Waals surface area (Å²) < 4.78 is 5.12. The second-order valence-corrected chi connectivity index (χ2v) is 3.51. The van der Waals surface area contributed by atoms with Crippen LogP contribution in [-0.2, 0) is 0 Å². The van der Waals surface area contributed by atoms with Gasteiger partial charge in [-0.2, -0.15) is 0 Å². The van der Waals surface area contributed by atoms with E-state index in [4.69, 9.17) is 4.74 Å². The third-order valence-electron chi connectivity index (χ3n) is 2.56. The van der Waals surface area contributed by atoms with Crippen LogP contribution in [0.3, 0.4) is 0 Å². The minimum absolute atomic E-state index is 0.222. The van der Waals surface area contributed by atoms with E-state index in [2.05, 4.69) is 15.0 Å². The van der Waals surface area contributed by atoms with Gasteiger partial charge in [0.2, 0.25) is 0 Å². The molecule has 0 bridgehead atoms. The van der Waals surface area contributed by atoms with E-state index in [9.17, 15) is 4.79 Å². The number of H-pyrrole nitrogens is 2. The highest BCUT2D eigenvalue weighted by molar-refractivity contribution is 6.01. The zero-order chi connectivity index (χ0) is 11.1. The standard InChI is InChI=1S/C11H9N3O2/c1-16-6-2-3-7-8(4-6)12-5-9-10(7)14-11(15)13-9/h2-5H,1H3,(H2,13,14,15). The molecule has 16 heavy (non-hydrogen) atoms. The van der Waals surface area contributed by atoms with Crippen LogP contribution < -0.4 is 10.4 Å². The third-order valence-corrected chi connectivity index (χ3v) is 2.56. The number of benzene rings is 1. The quantitative estimate of drug-likeness (QED) is 0.644. The van der Waals surface area contributed by atoms with Gasteiger partial charge < -0.3 is 14.7 Å². The molecule has 0 amide bonds. The van der Waals surface area contributed by atoms with Crippen molar-refractivity contribution in [3.63, 3.8) is 0 Å². The maximum absolute atomic E-state index is 11.2. The molecular weight excluding hydrogens is 206 g/mol. The van der Waals surface area contributed by atoms with Gasteiger partial charge in [0, 0.05) is 11.5 Å². The Morgan fingerprint density at radius 2 is 2.19 bits per heavy atom. The van der Waals surface area contributed by atoms with Gasteiger partial charge in [0.25, 0.3) is 0 Å². The molecule has 80 valence electrons. The summed E-state index contributed by atoms with van der Waals surface area (Å²) in [7, 11) is 1.61.